The van der Waals surface area contributed by atoms with Crippen LogP contribution in [0, 0.1) is 0 Å². The molecule has 1 amide bonds. The second kappa shape index (κ2) is 9.70. The number of fused-ring (bicyclic) bond motifs is 1. The van der Waals surface area contributed by atoms with Crippen molar-refractivity contribution in [3.8, 4) is 5.75 Å². The van der Waals surface area contributed by atoms with E-state index < -0.39 is 24.4 Å². The molecule has 0 bridgehead atoms. The third kappa shape index (κ3) is 6.25. The Morgan fingerprint density at radius 3 is 2.30 bits per heavy atom. The SMILES string of the molecule is CC(Oc1ccc(CNc2c(Cl)ccc3c2CCN(C(=O)C(F)(F)F)CC3)cc1)C(F)(F)F. The molecule has 3 rings (SSSR count). The summed E-state index contributed by atoms with van der Waals surface area (Å²) >= 11 is 6.33. The van der Waals surface area contributed by atoms with Gasteiger partial charge in [-0.15, -0.1) is 0 Å². The first-order valence-electron chi connectivity index (χ1n) is 10.1. The second-order valence-corrected chi connectivity index (χ2v) is 8.06. The molecule has 0 saturated carbocycles. The quantitative estimate of drug-likeness (QED) is 0.536. The van der Waals surface area contributed by atoms with Crippen LogP contribution in [-0.2, 0) is 24.2 Å². The van der Waals surface area contributed by atoms with Gasteiger partial charge in [0.05, 0.1) is 10.7 Å². The zero-order valence-electron chi connectivity index (χ0n) is 17.5. The van der Waals surface area contributed by atoms with Crippen LogP contribution < -0.4 is 10.1 Å². The number of hydrogen-bond acceptors (Lipinski definition) is 3. The number of rotatable bonds is 5. The average Bonchev–Trinajstić information content (AvgIpc) is 2.95. The molecule has 2 aromatic carbocycles. The lowest BCUT2D eigenvalue weighted by molar-refractivity contribution is -0.189. The van der Waals surface area contributed by atoms with Gasteiger partial charge in [0.25, 0.3) is 0 Å². The zero-order valence-corrected chi connectivity index (χ0v) is 18.2. The molecule has 180 valence electrons. The minimum atomic E-state index is -4.93. The smallest absolute Gasteiger partial charge is 0.471 e. The van der Waals surface area contributed by atoms with E-state index in [-0.39, 0.29) is 38.2 Å². The van der Waals surface area contributed by atoms with E-state index in [1.807, 2.05) is 0 Å². The summed E-state index contributed by atoms with van der Waals surface area (Å²) in [4.78, 5) is 12.4. The number of carbonyl (C=O) groups is 1. The Morgan fingerprint density at radius 1 is 1.06 bits per heavy atom. The summed E-state index contributed by atoms with van der Waals surface area (Å²) in [5.41, 5.74) is 2.82. The molecule has 1 atom stereocenters. The van der Waals surface area contributed by atoms with Crippen molar-refractivity contribution >= 4 is 23.2 Å². The fourth-order valence-electron chi connectivity index (χ4n) is 3.52. The fraction of sp³-hybridized carbons (Fsp3) is 0.409. The third-order valence-electron chi connectivity index (χ3n) is 5.34. The fourth-order valence-corrected chi connectivity index (χ4v) is 3.76. The Bertz CT molecular complexity index is 992. The Kier molecular flexibility index (Phi) is 7.36. The van der Waals surface area contributed by atoms with Crippen molar-refractivity contribution in [2.75, 3.05) is 18.4 Å². The average molecular weight is 495 g/mol. The van der Waals surface area contributed by atoms with Crippen LogP contribution >= 0.6 is 11.6 Å². The van der Waals surface area contributed by atoms with Crippen LogP contribution in [0.4, 0.5) is 32.0 Å². The van der Waals surface area contributed by atoms with Gasteiger partial charge in [-0.25, -0.2) is 0 Å². The van der Waals surface area contributed by atoms with Crippen molar-refractivity contribution in [3.63, 3.8) is 0 Å². The van der Waals surface area contributed by atoms with Gasteiger partial charge in [-0.2, -0.15) is 26.3 Å². The molecule has 0 aromatic heterocycles. The number of nitrogens with one attached hydrogen (secondary N) is 1. The Labute approximate surface area is 191 Å². The molecule has 1 N–H and O–H groups in total. The van der Waals surface area contributed by atoms with Crippen LogP contribution in [0.1, 0.15) is 23.6 Å². The van der Waals surface area contributed by atoms with E-state index in [9.17, 15) is 31.1 Å². The van der Waals surface area contributed by atoms with Gasteiger partial charge < -0.3 is 15.0 Å². The topological polar surface area (TPSA) is 41.6 Å². The number of amides is 1. The van der Waals surface area contributed by atoms with Gasteiger partial charge in [-0.05, 0) is 54.7 Å². The number of alkyl halides is 6. The summed E-state index contributed by atoms with van der Waals surface area (Å²) in [7, 11) is 0. The van der Waals surface area contributed by atoms with Gasteiger partial charge in [-0.3, -0.25) is 4.79 Å². The highest BCUT2D eigenvalue weighted by Gasteiger charge is 2.42. The van der Waals surface area contributed by atoms with Crippen LogP contribution in [0.3, 0.4) is 0 Å². The normalized spacial score (nSPS) is 15.5. The lowest BCUT2D eigenvalue weighted by atomic mass is 10.0. The molecule has 0 radical (unpaired) electrons. The minimum Gasteiger partial charge on any atom is -0.481 e. The van der Waals surface area contributed by atoms with E-state index in [1.54, 1.807) is 24.3 Å². The maximum absolute atomic E-state index is 12.8. The lowest BCUT2D eigenvalue weighted by Gasteiger charge is -2.21. The van der Waals surface area contributed by atoms with Gasteiger partial charge in [0.15, 0.2) is 6.10 Å². The number of ether oxygens (including phenoxy) is 1. The molecule has 1 aliphatic heterocycles. The Hall–Kier alpha value is -2.62. The third-order valence-corrected chi connectivity index (χ3v) is 5.65. The molecule has 33 heavy (non-hydrogen) atoms. The molecule has 4 nitrogen and oxygen atoms in total. The van der Waals surface area contributed by atoms with Crippen molar-refractivity contribution in [2.45, 2.75) is 44.8 Å². The van der Waals surface area contributed by atoms with Crippen molar-refractivity contribution in [2.24, 2.45) is 0 Å². The van der Waals surface area contributed by atoms with E-state index in [0.29, 0.717) is 10.7 Å². The Morgan fingerprint density at radius 2 is 1.70 bits per heavy atom. The van der Waals surface area contributed by atoms with E-state index in [2.05, 4.69) is 5.32 Å². The second-order valence-electron chi connectivity index (χ2n) is 7.65. The number of anilines is 1. The highest BCUT2D eigenvalue weighted by atomic mass is 35.5. The first-order chi connectivity index (χ1) is 15.4. The van der Waals surface area contributed by atoms with Crippen LogP contribution in [0.5, 0.6) is 5.75 Å². The van der Waals surface area contributed by atoms with E-state index in [1.165, 1.54) is 12.1 Å². The summed E-state index contributed by atoms with van der Waals surface area (Å²) < 4.78 is 81.2. The molecule has 11 heteroatoms. The number of carbonyl (C=O) groups excluding carboxylic acids is 1. The Balaban J connectivity index is 1.69. The van der Waals surface area contributed by atoms with E-state index in [4.69, 9.17) is 16.3 Å². The molecule has 1 aliphatic rings. The zero-order chi connectivity index (χ0) is 24.4. The predicted molar refractivity (Wildman–Crippen MR) is 111 cm³/mol. The van der Waals surface area contributed by atoms with E-state index >= 15 is 0 Å². The maximum Gasteiger partial charge on any atom is 0.471 e. The largest absolute Gasteiger partial charge is 0.481 e. The minimum absolute atomic E-state index is 0.0514. The van der Waals surface area contributed by atoms with Gasteiger partial charge in [-0.1, -0.05) is 29.8 Å². The van der Waals surface area contributed by atoms with Gasteiger partial charge in [0, 0.05) is 19.6 Å². The molecule has 0 spiro atoms. The molecule has 2 aromatic rings. The van der Waals surface area contributed by atoms with Crippen molar-refractivity contribution in [1.29, 1.82) is 0 Å². The number of halogens is 7. The van der Waals surface area contributed by atoms with Crippen LogP contribution in [0.2, 0.25) is 5.02 Å². The molecular formula is C22H21ClF6N2O2. The van der Waals surface area contributed by atoms with Crippen LogP contribution in [0.15, 0.2) is 36.4 Å². The molecule has 0 saturated heterocycles. The summed E-state index contributed by atoms with van der Waals surface area (Å²) in [5.74, 6) is -1.79. The molecular weight excluding hydrogens is 474 g/mol. The monoisotopic (exact) mass is 494 g/mol. The lowest BCUT2D eigenvalue weighted by Crippen LogP contribution is -2.42. The number of benzene rings is 2. The standard InChI is InChI=1S/C22H21ClF6N2O2/c1-13(21(24,25)26)33-16-5-2-14(3-6-16)12-30-19-17-9-11-31(20(32)22(27,28)29)10-8-15(17)4-7-18(19)23/h2-7,13,30H,8-12H2,1H3. The molecule has 1 heterocycles. The van der Waals surface area contributed by atoms with Crippen LogP contribution in [0.25, 0.3) is 0 Å². The van der Waals surface area contributed by atoms with Crippen LogP contribution in [-0.4, -0.2) is 42.4 Å². The van der Waals surface area contributed by atoms with Crippen molar-refractivity contribution in [3.05, 3.63) is 58.1 Å². The van der Waals surface area contributed by atoms with Crippen molar-refractivity contribution < 1.29 is 35.9 Å². The number of nitrogens with zero attached hydrogens (tertiary/aromatic N) is 1. The maximum atomic E-state index is 12.8. The van der Waals surface area contributed by atoms with E-state index in [0.717, 1.165) is 28.5 Å². The highest BCUT2D eigenvalue weighted by Crippen LogP contribution is 2.33. The summed E-state index contributed by atoms with van der Waals surface area (Å²) in [6, 6.07) is 9.42. The molecule has 0 fully saturated rings. The first-order valence-corrected chi connectivity index (χ1v) is 10.5. The summed E-state index contributed by atoms with van der Waals surface area (Å²) in [6.07, 6.45) is -10.9. The molecule has 1 unspecified atom stereocenters. The highest BCUT2D eigenvalue weighted by molar-refractivity contribution is 6.33. The predicted octanol–water partition coefficient (Wildman–Crippen LogP) is 5.77. The first kappa shape index (κ1) is 25.0. The summed E-state index contributed by atoms with van der Waals surface area (Å²) in [6.45, 7) is 1.05. The summed E-state index contributed by atoms with van der Waals surface area (Å²) in [5, 5.41) is 3.54. The van der Waals surface area contributed by atoms with Gasteiger partial charge in [0.2, 0.25) is 0 Å². The van der Waals surface area contributed by atoms with Gasteiger partial charge in [0.1, 0.15) is 5.75 Å². The van der Waals surface area contributed by atoms with Crippen molar-refractivity contribution in [1.82, 2.24) is 4.90 Å². The number of hydrogen-bond donors (Lipinski definition) is 1. The molecule has 0 aliphatic carbocycles. The van der Waals surface area contributed by atoms with Gasteiger partial charge >= 0.3 is 18.3 Å².